The van der Waals surface area contributed by atoms with Crippen molar-refractivity contribution in [1.29, 1.82) is 0 Å². The van der Waals surface area contributed by atoms with Gasteiger partial charge >= 0.3 is 57.4 Å². The summed E-state index contributed by atoms with van der Waals surface area (Å²) < 4.78 is 4.34. The van der Waals surface area contributed by atoms with E-state index in [1.165, 1.54) is 13.2 Å². The first-order valence-electron chi connectivity index (χ1n) is 2.68. The summed E-state index contributed by atoms with van der Waals surface area (Å²) in [5.74, 6) is -0.326. The second-order valence-corrected chi connectivity index (χ2v) is 1.41. The van der Waals surface area contributed by atoms with E-state index in [-0.39, 0.29) is 58.8 Å². The van der Waals surface area contributed by atoms with E-state index in [0.717, 1.165) is 0 Å². The molecule has 0 saturated heterocycles. The van der Waals surface area contributed by atoms with Gasteiger partial charge in [-0.1, -0.05) is 18.2 Å². The number of methoxy groups -OCH3 is 1. The minimum Gasteiger partial charge on any atom is -1.00 e. The molecule has 0 aliphatic carbocycles. The van der Waals surface area contributed by atoms with Crippen LogP contribution in [0.15, 0.2) is 24.3 Å². The third-order valence-electron chi connectivity index (χ3n) is 0.737. The van der Waals surface area contributed by atoms with Crippen LogP contribution >= 0.6 is 0 Å². The zero-order valence-corrected chi connectivity index (χ0v) is 9.75. The van der Waals surface area contributed by atoms with Gasteiger partial charge < -0.3 is 6.16 Å². The summed E-state index contributed by atoms with van der Waals surface area (Å²) in [6.45, 7) is 1.88. The Morgan fingerprint density at radius 1 is 1.50 bits per heavy atom. The van der Waals surface area contributed by atoms with Crippen LogP contribution in [0.5, 0.6) is 0 Å². The molecular weight excluding hydrogens is 155 g/mol. The molecule has 0 aromatic rings. The van der Waals surface area contributed by atoms with Gasteiger partial charge in [-0.15, -0.1) is 0 Å². The van der Waals surface area contributed by atoms with Gasteiger partial charge in [0.05, 0.1) is 7.11 Å². The van der Waals surface area contributed by atoms with Gasteiger partial charge in [0, 0.05) is 6.08 Å². The van der Waals surface area contributed by atoms with E-state index in [2.05, 4.69) is 4.74 Å². The van der Waals surface area contributed by atoms with Gasteiger partial charge in [0.25, 0.3) is 0 Å². The molecule has 0 spiro atoms. The van der Waals surface area contributed by atoms with E-state index < -0.39 is 0 Å². The van der Waals surface area contributed by atoms with Crippen LogP contribution in [0.1, 0.15) is 8.35 Å². The molecule has 0 heterocycles. The van der Waals surface area contributed by atoms with Gasteiger partial charge in [-0.25, -0.2) is 4.79 Å². The van der Waals surface area contributed by atoms with Crippen molar-refractivity contribution in [2.24, 2.45) is 0 Å². The van der Waals surface area contributed by atoms with Crippen molar-refractivity contribution in [2.75, 3.05) is 7.11 Å². The Kier molecular flexibility index (Phi) is 12.6. The van der Waals surface area contributed by atoms with Crippen molar-refractivity contribution >= 4 is 5.97 Å². The zero-order valence-electron chi connectivity index (χ0n) is 7.63. The number of carbonyl (C=O) groups excluding carboxylic acids is 1. The van der Waals surface area contributed by atoms with Crippen LogP contribution in [0.3, 0.4) is 0 Å². The van der Waals surface area contributed by atoms with Crippen molar-refractivity contribution in [1.82, 2.24) is 0 Å². The quantitative estimate of drug-likeness (QED) is 0.214. The minimum absolute atomic E-state index is 0. The van der Waals surface area contributed by atoms with Crippen LogP contribution in [0.4, 0.5) is 0 Å². The zero-order chi connectivity index (χ0) is 7.11. The average Bonchev–Trinajstić information content (AvgIpc) is 1.89. The molecule has 52 valence electrons. The van der Waals surface area contributed by atoms with Crippen molar-refractivity contribution in [3.63, 3.8) is 0 Å². The third kappa shape index (κ3) is 8.59. The van der Waals surface area contributed by atoms with Crippen LogP contribution in [-0.2, 0) is 9.53 Å². The van der Waals surface area contributed by atoms with Crippen LogP contribution in [-0.4, -0.2) is 13.1 Å². The van der Waals surface area contributed by atoms with Crippen molar-refractivity contribution in [2.45, 2.75) is 6.92 Å². The SMILES string of the molecule is C/C=C/C=C/C(=O)OC.[H-].[K+]. The van der Waals surface area contributed by atoms with E-state index >= 15 is 0 Å². The number of rotatable bonds is 2. The molecule has 0 aliphatic rings. The summed E-state index contributed by atoms with van der Waals surface area (Å²) in [6.07, 6.45) is 6.59. The molecule has 0 aromatic carbocycles. The van der Waals surface area contributed by atoms with Crippen LogP contribution < -0.4 is 51.4 Å². The molecule has 2 nitrogen and oxygen atoms in total. The van der Waals surface area contributed by atoms with E-state index in [1.807, 2.05) is 13.0 Å². The fourth-order valence-corrected chi connectivity index (χ4v) is 0.313. The topological polar surface area (TPSA) is 26.3 Å². The predicted molar refractivity (Wildman–Crippen MR) is 37.1 cm³/mol. The molecule has 0 atom stereocenters. The molecule has 0 rings (SSSR count). The maximum absolute atomic E-state index is 10.3. The van der Waals surface area contributed by atoms with Gasteiger partial charge in [-0.3, -0.25) is 0 Å². The van der Waals surface area contributed by atoms with Gasteiger partial charge in [0.1, 0.15) is 0 Å². The summed E-state index contributed by atoms with van der Waals surface area (Å²) in [5, 5.41) is 0. The van der Waals surface area contributed by atoms with Gasteiger partial charge in [-0.2, -0.15) is 0 Å². The molecule has 0 N–H and O–H groups in total. The normalized spacial score (nSPS) is 9.80. The Morgan fingerprint density at radius 3 is 2.50 bits per heavy atom. The maximum Gasteiger partial charge on any atom is 1.00 e. The molecule has 10 heavy (non-hydrogen) atoms. The molecule has 0 amide bonds. The Balaban J connectivity index is -0.000000320. The Hall–Kier alpha value is 0.586. The van der Waals surface area contributed by atoms with Crippen molar-refractivity contribution in [3.8, 4) is 0 Å². The van der Waals surface area contributed by atoms with Gasteiger partial charge in [-0.05, 0) is 6.92 Å². The first-order chi connectivity index (χ1) is 4.31. The number of carbonyl (C=O) groups is 1. The molecule has 0 fully saturated rings. The molecule has 0 saturated carbocycles. The van der Waals surface area contributed by atoms with Crippen LogP contribution in [0.25, 0.3) is 0 Å². The van der Waals surface area contributed by atoms with Crippen molar-refractivity contribution < 1.29 is 62.3 Å². The van der Waals surface area contributed by atoms with E-state index in [0.29, 0.717) is 0 Å². The smallest absolute Gasteiger partial charge is 1.00 e. The Morgan fingerprint density at radius 2 is 2.10 bits per heavy atom. The summed E-state index contributed by atoms with van der Waals surface area (Å²) in [6, 6.07) is 0. The summed E-state index contributed by atoms with van der Waals surface area (Å²) in [4.78, 5) is 10.3. The van der Waals surface area contributed by atoms with E-state index in [4.69, 9.17) is 0 Å². The van der Waals surface area contributed by atoms with Gasteiger partial charge in [0.2, 0.25) is 0 Å². The fourth-order valence-electron chi connectivity index (χ4n) is 0.313. The fraction of sp³-hybridized carbons (Fsp3) is 0.286. The Bertz CT molecular complexity index is 143. The predicted octanol–water partition coefficient (Wildman–Crippen LogP) is -1.59. The third-order valence-corrected chi connectivity index (χ3v) is 0.737. The second kappa shape index (κ2) is 9.59. The number of hydrogen-bond acceptors (Lipinski definition) is 2. The maximum atomic E-state index is 10.3. The van der Waals surface area contributed by atoms with E-state index in [9.17, 15) is 4.79 Å². The molecule has 0 aliphatic heterocycles. The summed E-state index contributed by atoms with van der Waals surface area (Å²) >= 11 is 0. The molecule has 0 aromatic heterocycles. The molecular formula is C7H11KO2. The summed E-state index contributed by atoms with van der Waals surface area (Å²) in [7, 11) is 1.35. The minimum atomic E-state index is -0.326. The number of esters is 1. The molecule has 0 bridgehead atoms. The largest absolute Gasteiger partial charge is 1.00 e. The molecule has 0 radical (unpaired) electrons. The second-order valence-electron chi connectivity index (χ2n) is 1.41. The number of allylic oxidation sites excluding steroid dienone is 3. The monoisotopic (exact) mass is 166 g/mol. The van der Waals surface area contributed by atoms with Gasteiger partial charge in [0.15, 0.2) is 0 Å². The first-order valence-corrected chi connectivity index (χ1v) is 2.68. The number of hydrogen-bond donors (Lipinski definition) is 0. The van der Waals surface area contributed by atoms with Crippen LogP contribution in [0.2, 0.25) is 0 Å². The summed E-state index contributed by atoms with van der Waals surface area (Å²) in [5.41, 5.74) is 0. The standard InChI is InChI=1S/C7H10O2.K.H/c1-3-4-5-6-7(8)9-2;;/h3-6H,1-2H3;;/q;+1;-1/b4-3+,6-5+;;. The van der Waals surface area contributed by atoms with E-state index in [1.54, 1.807) is 12.2 Å². The van der Waals surface area contributed by atoms with Crippen LogP contribution in [0, 0.1) is 0 Å². The molecule has 0 unspecified atom stereocenters. The molecule has 3 heteroatoms. The van der Waals surface area contributed by atoms with Crippen molar-refractivity contribution in [3.05, 3.63) is 24.3 Å². The first kappa shape index (κ1) is 13.2. The Labute approximate surface area is 105 Å². The average molecular weight is 166 g/mol. The number of ether oxygens (including phenoxy) is 1.